The van der Waals surface area contributed by atoms with E-state index in [4.69, 9.17) is 9.47 Å². The van der Waals surface area contributed by atoms with Crippen molar-refractivity contribution in [3.63, 3.8) is 0 Å². The summed E-state index contributed by atoms with van der Waals surface area (Å²) in [4.78, 5) is 21.2. The van der Waals surface area contributed by atoms with Crippen molar-refractivity contribution in [3.05, 3.63) is 27.8 Å². The number of hydrogen-bond acceptors (Lipinski definition) is 5. The molecule has 0 atom stereocenters. The maximum atomic E-state index is 10.9. The summed E-state index contributed by atoms with van der Waals surface area (Å²) in [6.07, 6.45) is 1.21. The molecule has 0 N–H and O–H groups in total. The van der Waals surface area contributed by atoms with Crippen LogP contribution in [-0.4, -0.2) is 24.9 Å². The van der Waals surface area contributed by atoms with E-state index in [1.54, 1.807) is 0 Å². The van der Waals surface area contributed by atoms with E-state index in [0.29, 0.717) is 19.3 Å². The van der Waals surface area contributed by atoms with Gasteiger partial charge in [0.15, 0.2) is 6.29 Å². The van der Waals surface area contributed by atoms with E-state index in [0.717, 1.165) is 0 Å². The molecule has 0 amide bonds. The number of benzene rings is 1. The molecule has 0 bridgehead atoms. The van der Waals surface area contributed by atoms with Gasteiger partial charge < -0.3 is 9.47 Å². The lowest BCUT2D eigenvalue weighted by atomic mass is 10.1. The zero-order valence-corrected chi connectivity index (χ0v) is 9.63. The monoisotopic (exact) mass is 239 g/mol. The van der Waals surface area contributed by atoms with Crippen LogP contribution >= 0.6 is 0 Å². The highest BCUT2D eigenvalue weighted by Gasteiger charge is 2.21. The van der Waals surface area contributed by atoms with Crippen molar-refractivity contribution in [1.29, 1.82) is 0 Å². The number of rotatable bonds is 6. The molecule has 6 heteroatoms. The van der Waals surface area contributed by atoms with Gasteiger partial charge in [0, 0.05) is 0 Å². The zero-order chi connectivity index (χ0) is 12.8. The van der Waals surface area contributed by atoms with Crippen molar-refractivity contribution in [1.82, 2.24) is 0 Å². The number of carbonyl (C=O) groups excluding carboxylic acids is 1. The molecule has 0 aliphatic carbocycles. The minimum Gasteiger partial charge on any atom is -0.496 e. The van der Waals surface area contributed by atoms with Crippen molar-refractivity contribution in [2.45, 2.75) is 13.3 Å². The van der Waals surface area contributed by atoms with Gasteiger partial charge in [-0.05, 0) is 12.5 Å². The molecule has 0 saturated heterocycles. The Morgan fingerprint density at radius 3 is 2.65 bits per heavy atom. The van der Waals surface area contributed by atoms with Crippen molar-refractivity contribution in [2.24, 2.45) is 0 Å². The van der Waals surface area contributed by atoms with Gasteiger partial charge in [-0.15, -0.1) is 0 Å². The average Bonchev–Trinajstić information content (AvgIpc) is 2.35. The highest BCUT2D eigenvalue weighted by molar-refractivity contribution is 5.83. The molecular weight excluding hydrogens is 226 g/mol. The van der Waals surface area contributed by atoms with Crippen molar-refractivity contribution in [3.8, 4) is 11.5 Å². The van der Waals surface area contributed by atoms with E-state index in [-0.39, 0.29) is 22.7 Å². The summed E-state index contributed by atoms with van der Waals surface area (Å²) in [5.74, 6) is 0.246. The van der Waals surface area contributed by atoms with Gasteiger partial charge in [-0.1, -0.05) is 6.92 Å². The molecule has 0 fully saturated rings. The Balaban J connectivity index is 3.30. The maximum Gasteiger partial charge on any atom is 0.315 e. The van der Waals surface area contributed by atoms with E-state index in [1.165, 1.54) is 19.2 Å². The lowest BCUT2D eigenvalue weighted by Crippen LogP contribution is -2.03. The summed E-state index contributed by atoms with van der Waals surface area (Å²) < 4.78 is 10.1. The van der Waals surface area contributed by atoms with Crippen LogP contribution in [-0.2, 0) is 0 Å². The Morgan fingerprint density at radius 1 is 1.47 bits per heavy atom. The number of methoxy groups -OCH3 is 1. The van der Waals surface area contributed by atoms with Crippen LogP contribution in [0.2, 0.25) is 0 Å². The first-order chi connectivity index (χ1) is 8.13. The van der Waals surface area contributed by atoms with Gasteiger partial charge in [-0.3, -0.25) is 14.9 Å². The fourth-order valence-corrected chi connectivity index (χ4v) is 1.31. The molecule has 0 spiro atoms. The first kappa shape index (κ1) is 13.0. The summed E-state index contributed by atoms with van der Waals surface area (Å²) >= 11 is 0. The van der Waals surface area contributed by atoms with Crippen LogP contribution in [0.5, 0.6) is 11.5 Å². The van der Waals surface area contributed by atoms with Gasteiger partial charge in [0.2, 0.25) is 5.75 Å². The predicted molar refractivity (Wildman–Crippen MR) is 60.8 cm³/mol. The predicted octanol–water partition coefficient (Wildman–Crippen LogP) is 2.20. The van der Waals surface area contributed by atoms with Gasteiger partial charge in [0.25, 0.3) is 0 Å². The van der Waals surface area contributed by atoms with E-state index < -0.39 is 4.92 Å². The van der Waals surface area contributed by atoms with Gasteiger partial charge >= 0.3 is 5.69 Å². The zero-order valence-electron chi connectivity index (χ0n) is 9.63. The Morgan fingerprint density at radius 2 is 2.18 bits per heavy atom. The molecule has 1 aromatic rings. The van der Waals surface area contributed by atoms with Crippen molar-refractivity contribution in [2.75, 3.05) is 13.7 Å². The maximum absolute atomic E-state index is 10.9. The van der Waals surface area contributed by atoms with Gasteiger partial charge in [0.05, 0.1) is 30.3 Å². The van der Waals surface area contributed by atoms with Gasteiger partial charge in [-0.25, -0.2) is 0 Å². The first-order valence-corrected chi connectivity index (χ1v) is 5.08. The lowest BCUT2D eigenvalue weighted by molar-refractivity contribution is -0.386. The van der Waals surface area contributed by atoms with E-state index >= 15 is 0 Å². The van der Waals surface area contributed by atoms with Crippen LogP contribution < -0.4 is 9.47 Å². The molecule has 1 aromatic carbocycles. The van der Waals surface area contributed by atoms with Gasteiger partial charge in [0.1, 0.15) is 5.75 Å². The fraction of sp³-hybridized carbons (Fsp3) is 0.364. The number of ether oxygens (including phenoxy) is 2. The summed E-state index contributed by atoms with van der Waals surface area (Å²) in [7, 11) is 1.38. The Kier molecular flexibility index (Phi) is 4.45. The molecule has 0 aliphatic heterocycles. The van der Waals surface area contributed by atoms with Crippen LogP contribution in [0.25, 0.3) is 0 Å². The van der Waals surface area contributed by atoms with Crippen LogP contribution in [0.3, 0.4) is 0 Å². The molecule has 0 heterocycles. The normalized spacial score (nSPS) is 9.76. The van der Waals surface area contributed by atoms with Crippen LogP contribution in [0, 0.1) is 10.1 Å². The number of nitro groups is 1. The Bertz CT molecular complexity index is 430. The lowest BCUT2D eigenvalue weighted by Gasteiger charge is -2.09. The molecule has 0 aromatic heterocycles. The van der Waals surface area contributed by atoms with Gasteiger partial charge in [-0.2, -0.15) is 0 Å². The molecule has 0 unspecified atom stereocenters. The third-order valence-electron chi connectivity index (χ3n) is 2.08. The Labute approximate surface area is 98.3 Å². The minimum absolute atomic E-state index is 0.00681. The van der Waals surface area contributed by atoms with Crippen LogP contribution in [0.15, 0.2) is 12.1 Å². The highest BCUT2D eigenvalue weighted by atomic mass is 16.6. The summed E-state index contributed by atoms with van der Waals surface area (Å²) in [6, 6.07) is 2.64. The average molecular weight is 239 g/mol. The van der Waals surface area contributed by atoms with Crippen molar-refractivity contribution < 1.29 is 19.2 Å². The first-order valence-electron chi connectivity index (χ1n) is 5.08. The highest BCUT2D eigenvalue weighted by Crippen LogP contribution is 2.34. The van der Waals surface area contributed by atoms with E-state index in [2.05, 4.69) is 0 Å². The minimum atomic E-state index is -0.597. The topological polar surface area (TPSA) is 78.7 Å². The molecule has 17 heavy (non-hydrogen) atoms. The summed E-state index contributed by atoms with van der Waals surface area (Å²) in [6.45, 7) is 2.18. The molecule has 6 nitrogen and oxygen atoms in total. The molecule has 1 rings (SSSR count). The third-order valence-corrected chi connectivity index (χ3v) is 2.08. The number of aldehydes is 1. The molecular formula is C11H13NO5. The Hall–Kier alpha value is -2.11. The summed E-state index contributed by atoms with van der Waals surface area (Å²) in [5.41, 5.74) is -0.149. The second-order valence-electron chi connectivity index (χ2n) is 3.29. The van der Waals surface area contributed by atoms with E-state index in [9.17, 15) is 14.9 Å². The second kappa shape index (κ2) is 5.83. The largest absolute Gasteiger partial charge is 0.496 e. The summed E-state index contributed by atoms with van der Waals surface area (Å²) in [5, 5.41) is 10.9. The number of hydrogen-bond donors (Lipinski definition) is 0. The molecule has 92 valence electrons. The second-order valence-corrected chi connectivity index (χ2v) is 3.29. The SMILES string of the molecule is CCCOc1c(C=O)cc(OC)cc1[N+](=O)[O-]. The molecule has 0 aliphatic rings. The van der Waals surface area contributed by atoms with Crippen LogP contribution in [0.1, 0.15) is 23.7 Å². The van der Waals surface area contributed by atoms with Crippen molar-refractivity contribution >= 4 is 12.0 Å². The standard InChI is InChI=1S/C11H13NO5/c1-3-4-17-11-8(7-13)5-9(16-2)6-10(11)12(14)15/h5-7H,3-4H2,1-2H3. The number of nitrogens with zero attached hydrogens (tertiary/aromatic N) is 1. The van der Waals surface area contributed by atoms with Crippen LogP contribution in [0.4, 0.5) is 5.69 Å². The molecule has 0 radical (unpaired) electrons. The number of nitro benzene ring substituents is 1. The smallest absolute Gasteiger partial charge is 0.315 e. The van der Waals surface area contributed by atoms with E-state index in [1.807, 2.05) is 6.92 Å². The quantitative estimate of drug-likeness (QED) is 0.432. The fourth-order valence-electron chi connectivity index (χ4n) is 1.31. The molecule has 0 saturated carbocycles. The third kappa shape index (κ3) is 2.93. The number of carbonyl (C=O) groups is 1.